The maximum Gasteiger partial charge on any atom is 0.430 e. The first-order chi connectivity index (χ1) is 9.43. The zero-order valence-electron chi connectivity index (χ0n) is 10.4. The predicted octanol–water partition coefficient (Wildman–Crippen LogP) is 0.842. The number of aromatic nitrogens is 1. The number of rotatable bonds is 5. The highest BCUT2D eigenvalue weighted by Gasteiger charge is 2.17. The molecule has 0 unspecified atom stereocenters. The summed E-state index contributed by atoms with van der Waals surface area (Å²) >= 11 is 5.63. The fraction of sp³-hybridized carbons (Fsp3) is 0.200. The number of methoxy groups -OCH3 is 1. The van der Waals surface area contributed by atoms with Gasteiger partial charge in [0.15, 0.2) is 5.82 Å². The molecule has 1 aromatic rings. The number of hydrogen-bond acceptors (Lipinski definition) is 7. The van der Waals surface area contributed by atoms with Crippen LogP contribution in [0.25, 0.3) is 0 Å². The molecule has 0 aromatic carbocycles. The number of pyridine rings is 1. The summed E-state index contributed by atoms with van der Waals surface area (Å²) in [6, 6.07) is 3.24. The Kier molecular flexibility index (Phi) is 5.69. The summed E-state index contributed by atoms with van der Waals surface area (Å²) < 4.78 is 4.37. The van der Waals surface area contributed by atoms with E-state index in [-0.39, 0.29) is 12.4 Å². The van der Waals surface area contributed by atoms with Gasteiger partial charge in [-0.3, -0.25) is 10.1 Å². The number of hydrogen-bond donors (Lipinski definition) is 2. The number of nitrogens with one attached hydrogen (secondary N) is 1. The van der Waals surface area contributed by atoms with E-state index in [2.05, 4.69) is 15.0 Å². The molecule has 0 aliphatic heterocycles. The van der Waals surface area contributed by atoms with Crippen molar-refractivity contribution in [2.45, 2.75) is 6.54 Å². The highest BCUT2D eigenvalue weighted by Crippen LogP contribution is 2.06. The van der Waals surface area contributed by atoms with Crippen LogP contribution < -0.4 is 11.2 Å². The molecule has 0 saturated heterocycles. The highest BCUT2D eigenvalue weighted by atomic mass is 35.5. The van der Waals surface area contributed by atoms with Gasteiger partial charge < -0.3 is 10.1 Å². The third kappa shape index (κ3) is 4.71. The van der Waals surface area contributed by atoms with Crippen molar-refractivity contribution in [3.63, 3.8) is 0 Å². The Labute approximate surface area is 119 Å². The third-order valence-corrected chi connectivity index (χ3v) is 2.34. The van der Waals surface area contributed by atoms with E-state index in [1.54, 1.807) is 12.1 Å². The minimum Gasteiger partial charge on any atom is -0.451 e. The van der Waals surface area contributed by atoms with Gasteiger partial charge in [0.1, 0.15) is 5.15 Å². The Morgan fingerprint density at radius 1 is 1.70 bits per heavy atom. The van der Waals surface area contributed by atoms with Gasteiger partial charge in [0.2, 0.25) is 0 Å². The molecule has 108 valence electrons. The fourth-order valence-electron chi connectivity index (χ4n) is 1.19. The molecule has 0 radical (unpaired) electrons. The predicted molar refractivity (Wildman–Crippen MR) is 69.6 cm³/mol. The lowest BCUT2D eigenvalue weighted by atomic mass is 10.3. The Bertz CT molecular complexity index is 519. The molecule has 1 amide bonds. The van der Waals surface area contributed by atoms with E-state index in [0.29, 0.717) is 21.9 Å². The normalized spacial score (nSPS) is 10.8. The van der Waals surface area contributed by atoms with Crippen LogP contribution >= 0.6 is 11.6 Å². The van der Waals surface area contributed by atoms with E-state index in [1.165, 1.54) is 6.20 Å². The molecule has 0 aliphatic rings. The molecule has 0 spiro atoms. The number of amides is 1. The first-order valence-electron chi connectivity index (χ1n) is 5.26. The van der Waals surface area contributed by atoms with Crippen LogP contribution in [0.1, 0.15) is 5.56 Å². The van der Waals surface area contributed by atoms with Gasteiger partial charge in [-0.25, -0.2) is 15.6 Å². The van der Waals surface area contributed by atoms with E-state index < -0.39 is 11.0 Å². The van der Waals surface area contributed by atoms with Crippen LogP contribution in [0.15, 0.2) is 30.4 Å². The molecule has 0 bridgehead atoms. The molecule has 20 heavy (non-hydrogen) atoms. The van der Waals surface area contributed by atoms with Crippen molar-refractivity contribution >= 4 is 17.7 Å². The second-order valence-electron chi connectivity index (χ2n) is 3.48. The monoisotopic (exact) mass is 301 g/mol. The standard InChI is InChI=1S/C10H12ClN5O4/c1-20-10(17)16(12)9(6-15(18)19)14-5-7-2-3-8(11)13-4-7/h2-4,6,14H,5,12H2,1H3/b9-6+. The minimum atomic E-state index is -0.945. The molecular formula is C10H12ClN5O4. The lowest BCUT2D eigenvalue weighted by Crippen LogP contribution is -2.42. The maximum absolute atomic E-state index is 11.2. The summed E-state index contributed by atoms with van der Waals surface area (Å²) in [5.74, 6) is 5.17. The maximum atomic E-state index is 11.2. The molecular weight excluding hydrogens is 290 g/mol. The second-order valence-corrected chi connectivity index (χ2v) is 3.87. The second kappa shape index (κ2) is 7.26. The van der Waals surface area contributed by atoms with Crippen molar-refractivity contribution in [3.8, 4) is 0 Å². The van der Waals surface area contributed by atoms with Crippen LogP contribution in [0.3, 0.4) is 0 Å². The number of nitro groups is 1. The van der Waals surface area contributed by atoms with Gasteiger partial charge in [-0.15, -0.1) is 0 Å². The zero-order chi connectivity index (χ0) is 15.1. The number of nitrogens with zero attached hydrogens (tertiary/aromatic N) is 3. The van der Waals surface area contributed by atoms with Crippen LogP contribution in [0.5, 0.6) is 0 Å². The molecule has 1 heterocycles. The Morgan fingerprint density at radius 3 is 2.90 bits per heavy atom. The average Bonchev–Trinajstić information content (AvgIpc) is 2.43. The topological polar surface area (TPSA) is 124 Å². The number of carbonyl (C=O) groups is 1. The Morgan fingerprint density at radius 2 is 2.40 bits per heavy atom. The van der Waals surface area contributed by atoms with E-state index in [1.807, 2.05) is 0 Å². The van der Waals surface area contributed by atoms with Gasteiger partial charge >= 0.3 is 6.09 Å². The summed E-state index contributed by atoms with van der Waals surface area (Å²) in [4.78, 5) is 24.8. The third-order valence-electron chi connectivity index (χ3n) is 2.12. The summed E-state index contributed by atoms with van der Waals surface area (Å²) in [6.07, 6.45) is 1.10. The first-order valence-corrected chi connectivity index (χ1v) is 5.64. The van der Waals surface area contributed by atoms with E-state index in [4.69, 9.17) is 17.4 Å². The van der Waals surface area contributed by atoms with Crippen LogP contribution in [0.4, 0.5) is 4.79 Å². The van der Waals surface area contributed by atoms with Crippen LogP contribution in [0, 0.1) is 10.1 Å². The molecule has 0 saturated carbocycles. The molecule has 9 nitrogen and oxygen atoms in total. The Balaban J connectivity index is 2.78. The van der Waals surface area contributed by atoms with Crippen molar-refractivity contribution in [2.24, 2.45) is 5.84 Å². The number of carbonyl (C=O) groups excluding carboxylic acids is 1. The number of halogens is 1. The summed E-state index contributed by atoms with van der Waals surface area (Å²) in [7, 11) is 1.11. The molecule has 0 atom stereocenters. The highest BCUT2D eigenvalue weighted by molar-refractivity contribution is 6.29. The molecule has 1 rings (SSSR count). The van der Waals surface area contributed by atoms with Gasteiger partial charge in [0, 0.05) is 12.7 Å². The number of nitrogens with two attached hydrogens (primary N) is 1. The van der Waals surface area contributed by atoms with E-state index in [9.17, 15) is 14.9 Å². The SMILES string of the molecule is COC(=O)N(N)/C(=C/[N+](=O)[O-])NCc1ccc(Cl)nc1. The summed E-state index contributed by atoms with van der Waals surface area (Å²) in [5, 5.41) is 14.0. The lowest BCUT2D eigenvalue weighted by molar-refractivity contribution is -0.404. The van der Waals surface area contributed by atoms with Crippen molar-refractivity contribution in [1.29, 1.82) is 0 Å². The summed E-state index contributed by atoms with van der Waals surface area (Å²) in [6.45, 7) is 0.161. The van der Waals surface area contributed by atoms with Gasteiger partial charge in [-0.1, -0.05) is 17.7 Å². The average molecular weight is 302 g/mol. The lowest BCUT2D eigenvalue weighted by Gasteiger charge is -2.17. The number of hydrazine groups is 1. The minimum absolute atomic E-state index is 0.161. The summed E-state index contributed by atoms with van der Waals surface area (Å²) in [5.41, 5.74) is 0.696. The van der Waals surface area contributed by atoms with Crippen molar-refractivity contribution < 1.29 is 14.5 Å². The van der Waals surface area contributed by atoms with Gasteiger partial charge in [0.25, 0.3) is 6.20 Å². The zero-order valence-corrected chi connectivity index (χ0v) is 11.2. The van der Waals surface area contributed by atoms with Crippen LogP contribution in [-0.4, -0.2) is 28.1 Å². The molecule has 0 fully saturated rings. The van der Waals surface area contributed by atoms with Gasteiger partial charge in [-0.05, 0) is 11.6 Å². The van der Waals surface area contributed by atoms with Crippen molar-refractivity contribution in [1.82, 2.24) is 15.3 Å². The largest absolute Gasteiger partial charge is 0.451 e. The Hall–Kier alpha value is -2.39. The first kappa shape index (κ1) is 15.7. The quantitative estimate of drug-likeness (QED) is 0.271. The van der Waals surface area contributed by atoms with E-state index in [0.717, 1.165) is 7.11 Å². The van der Waals surface area contributed by atoms with Crippen molar-refractivity contribution in [2.75, 3.05) is 7.11 Å². The van der Waals surface area contributed by atoms with E-state index >= 15 is 0 Å². The number of ether oxygens (including phenoxy) is 1. The molecule has 10 heteroatoms. The molecule has 0 aliphatic carbocycles. The molecule has 1 aromatic heterocycles. The van der Waals surface area contributed by atoms with Gasteiger partial charge in [-0.2, -0.15) is 5.01 Å². The van der Waals surface area contributed by atoms with Crippen LogP contribution in [0.2, 0.25) is 5.15 Å². The van der Waals surface area contributed by atoms with Crippen LogP contribution in [-0.2, 0) is 11.3 Å². The smallest absolute Gasteiger partial charge is 0.430 e. The fourth-order valence-corrected chi connectivity index (χ4v) is 1.30. The molecule has 3 N–H and O–H groups in total. The van der Waals surface area contributed by atoms with Gasteiger partial charge in [0.05, 0.1) is 12.0 Å². The van der Waals surface area contributed by atoms with Crippen molar-refractivity contribution in [3.05, 3.63) is 51.2 Å².